The number of hydrogen-bond acceptors (Lipinski definition) is 5. The van der Waals surface area contributed by atoms with E-state index < -0.39 is 34.3 Å². The summed E-state index contributed by atoms with van der Waals surface area (Å²) in [5.74, 6) is -0.725. The summed E-state index contributed by atoms with van der Waals surface area (Å²) in [5, 5.41) is 3.08. The SMILES string of the molecule is CC[C@@H](C(=O)NC1CCCC1)N(Cc1ccc(F)cc1)C(=O)CN(c1ccc(OC)cc1)S(=O)(=O)c1ccccc1. The fraction of sp³-hybridized carbons (Fsp3) is 0.355. The first-order valence-electron chi connectivity index (χ1n) is 13.8. The zero-order valence-electron chi connectivity index (χ0n) is 23.3. The van der Waals surface area contributed by atoms with Crippen LogP contribution in [0.25, 0.3) is 0 Å². The van der Waals surface area contributed by atoms with Gasteiger partial charge in [-0.1, -0.05) is 50.1 Å². The Balaban J connectivity index is 1.70. The number of carbonyl (C=O) groups excluding carboxylic acids is 2. The van der Waals surface area contributed by atoms with Crippen molar-refractivity contribution >= 4 is 27.5 Å². The summed E-state index contributed by atoms with van der Waals surface area (Å²) in [7, 11) is -2.65. The summed E-state index contributed by atoms with van der Waals surface area (Å²) in [6, 6.07) is 19.2. The molecule has 1 N–H and O–H groups in total. The molecule has 0 radical (unpaired) electrons. The molecule has 1 saturated carbocycles. The van der Waals surface area contributed by atoms with Crippen LogP contribution < -0.4 is 14.4 Å². The van der Waals surface area contributed by atoms with Crippen LogP contribution >= 0.6 is 0 Å². The van der Waals surface area contributed by atoms with Gasteiger partial charge in [0, 0.05) is 12.6 Å². The molecule has 0 unspecified atom stereocenters. The van der Waals surface area contributed by atoms with Gasteiger partial charge in [0.1, 0.15) is 24.2 Å². The van der Waals surface area contributed by atoms with Crippen molar-refractivity contribution in [2.75, 3.05) is 18.0 Å². The maximum absolute atomic E-state index is 14.1. The topological polar surface area (TPSA) is 96.0 Å². The minimum atomic E-state index is -4.16. The third-order valence-corrected chi connectivity index (χ3v) is 9.11. The van der Waals surface area contributed by atoms with E-state index in [1.807, 2.05) is 6.92 Å². The number of nitrogens with zero attached hydrogens (tertiary/aromatic N) is 2. The number of sulfonamides is 1. The first kappa shape index (κ1) is 30.0. The Morgan fingerprint density at radius 1 is 0.976 bits per heavy atom. The Morgan fingerprint density at radius 3 is 2.20 bits per heavy atom. The number of anilines is 1. The van der Waals surface area contributed by atoms with Gasteiger partial charge in [0.15, 0.2) is 0 Å². The minimum Gasteiger partial charge on any atom is -0.497 e. The number of methoxy groups -OCH3 is 1. The Labute approximate surface area is 241 Å². The second-order valence-corrected chi connectivity index (χ2v) is 11.9. The average molecular weight is 582 g/mol. The highest BCUT2D eigenvalue weighted by molar-refractivity contribution is 7.92. The van der Waals surface area contributed by atoms with Crippen molar-refractivity contribution in [2.24, 2.45) is 0 Å². The van der Waals surface area contributed by atoms with E-state index in [1.54, 1.807) is 54.6 Å². The molecule has 218 valence electrons. The van der Waals surface area contributed by atoms with E-state index in [-0.39, 0.29) is 29.1 Å². The van der Waals surface area contributed by atoms with Crippen LogP contribution in [0.4, 0.5) is 10.1 Å². The Kier molecular flexibility index (Phi) is 9.99. The first-order valence-corrected chi connectivity index (χ1v) is 15.2. The van der Waals surface area contributed by atoms with Gasteiger partial charge < -0.3 is 15.0 Å². The van der Waals surface area contributed by atoms with Crippen LogP contribution in [0.5, 0.6) is 5.75 Å². The van der Waals surface area contributed by atoms with Crippen LogP contribution in [0.3, 0.4) is 0 Å². The molecule has 3 aromatic carbocycles. The quantitative estimate of drug-likeness (QED) is 0.329. The van der Waals surface area contributed by atoms with Crippen molar-refractivity contribution in [3.63, 3.8) is 0 Å². The molecule has 1 atom stereocenters. The molecular weight excluding hydrogens is 545 g/mol. The lowest BCUT2D eigenvalue weighted by atomic mass is 10.1. The predicted molar refractivity (Wildman–Crippen MR) is 155 cm³/mol. The molecule has 0 heterocycles. The van der Waals surface area contributed by atoms with Gasteiger partial charge in [-0.3, -0.25) is 13.9 Å². The van der Waals surface area contributed by atoms with Gasteiger partial charge in [0.2, 0.25) is 11.8 Å². The summed E-state index contributed by atoms with van der Waals surface area (Å²) in [5.41, 5.74) is 0.891. The van der Waals surface area contributed by atoms with Gasteiger partial charge in [-0.25, -0.2) is 12.8 Å². The normalized spacial score (nSPS) is 14.3. The minimum absolute atomic E-state index is 0.0115. The number of hydrogen-bond donors (Lipinski definition) is 1. The third kappa shape index (κ3) is 7.43. The van der Waals surface area contributed by atoms with Crippen LogP contribution in [0.1, 0.15) is 44.6 Å². The molecule has 10 heteroatoms. The Morgan fingerprint density at radius 2 is 1.61 bits per heavy atom. The number of nitrogens with one attached hydrogen (secondary N) is 1. The number of carbonyl (C=O) groups is 2. The number of halogens is 1. The summed E-state index contributed by atoms with van der Waals surface area (Å²) >= 11 is 0. The molecular formula is C31H36FN3O5S. The highest BCUT2D eigenvalue weighted by Gasteiger charge is 2.34. The zero-order valence-corrected chi connectivity index (χ0v) is 24.1. The predicted octanol–water partition coefficient (Wildman–Crippen LogP) is 4.90. The average Bonchev–Trinajstić information content (AvgIpc) is 3.50. The van der Waals surface area contributed by atoms with Gasteiger partial charge in [0.05, 0.1) is 17.7 Å². The Bertz CT molecular complexity index is 1410. The van der Waals surface area contributed by atoms with E-state index in [0.29, 0.717) is 17.7 Å². The van der Waals surface area contributed by atoms with Crippen LogP contribution in [0, 0.1) is 5.82 Å². The van der Waals surface area contributed by atoms with Crippen molar-refractivity contribution in [2.45, 2.75) is 62.6 Å². The third-order valence-electron chi connectivity index (χ3n) is 7.32. The highest BCUT2D eigenvalue weighted by Crippen LogP contribution is 2.27. The van der Waals surface area contributed by atoms with Crippen molar-refractivity contribution in [1.29, 1.82) is 0 Å². The summed E-state index contributed by atoms with van der Waals surface area (Å²) in [6.07, 6.45) is 4.16. The monoisotopic (exact) mass is 581 g/mol. The van der Waals surface area contributed by atoms with E-state index in [2.05, 4.69) is 5.32 Å². The van der Waals surface area contributed by atoms with Crippen molar-refractivity contribution in [3.05, 3.63) is 90.2 Å². The second kappa shape index (κ2) is 13.6. The number of amides is 2. The number of ether oxygens (including phenoxy) is 1. The van der Waals surface area contributed by atoms with E-state index in [4.69, 9.17) is 4.74 Å². The molecule has 0 spiro atoms. The lowest BCUT2D eigenvalue weighted by Gasteiger charge is -2.33. The first-order chi connectivity index (χ1) is 19.7. The van der Waals surface area contributed by atoms with Gasteiger partial charge >= 0.3 is 0 Å². The maximum Gasteiger partial charge on any atom is 0.264 e. The van der Waals surface area contributed by atoms with E-state index in [9.17, 15) is 22.4 Å². The number of rotatable bonds is 12. The number of benzene rings is 3. The summed E-state index contributed by atoms with van der Waals surface area (Å²) in [6.45, 7) is 1.28. The molecule has 1 aliphatic carbocycles. The Hall–Kier alpha value is -3.92. The van der Waals surface area contributed by atoms with E-state index in [0.717, 1.165) is 30.0 Å². The standard InChI is InChI=1S/C31H36FN3O5S/c1-3-29(31(37)33-25-9-7-8-10-25)34(21-23-13-15-24(32)16-14-23)30(36)22-35(26-17-19-27(40-2)20-18-26)41(38,39)28-11-5-4-6-12-28/h4-6,11-20,25,29H,3,7-10,21-22H2,1-2H3,(H,33,37)/t29-/m0/s1. The molecule has 1 aliphatic rings. The highest BCUT2D eigenvalue weighted by atomic mass is 32.2. The molecule has 8 nitrogen and oxygen atoms in total. The molecule has 1 fully saturated rings. The molecule has 0 aromatic heterocycles. The van der Waals surface area contributed by atoms with Gasteiger partial charge in [-0.2, -0.15) is 0 Å². The van der Waals surface area contributed by atoms with E-state index in [1.165, 1.54) is 36.3 Å². The van der Waals surface area contributed by atoms with Crippen molar-refractivity contribution in [3.8, 4) is 5.75 Å². The zero-order chi connectivity index (χ0) is 29.4. The molecule has 3 aromatic rings. The maximum atomic E-state index is 14.1. The van der Waals surface area contributed by atoms with Gasteiger partial charge in [0.25, 0.3) is 10.0 Å². The summed E-state index contributed by atoms with van der Waals surface area (Å²) < 4.78 is 47.6. The lowest BCUT2D eigenvalue weighted by Crippen LogP contribution is -2.53. The molecule has 0 bridgehead atoms. The van der Waals surface area contributed by atoms with Crippen molar-refractivity contribution < 1.29 is 27.1 Å². The van der Waals surface area contributed by atoms with Crippen LogP contribution in [-0.2, 0) is 26.2 Å². The fourth-order valence-electron chi connectivity index (χ4n) is 5.07. The largest absolute Gasteiger partial charge is 0.497 e. The summed E-state index contributed by atoms with van der Waals surface area (Å²) in [4.78, 5) is 29.0. The molecule has 2 amide bonds. The van der Waals surface area contributed by atoms with E-state index >= 15 is 0 Å². The van der Waals surface area contributed by atoms with Gasteiger partial charge in [-0.15, -0.1) is 0 Å². The smallest absolute Gasteiger partial charge is 0.264 e. The molecule has 41 heavy (non-hydrogen) atoms. The van der Waals surface area contributed by atoms with Crippen LogP contribution in [-0.4, -0.2) is 50.9 Å². The fourth-order valence-corrected chi connectivity index (χ4v) is 6.51. The van der Waals surface area contributed by atoms with Crippen LogP contribution in [0.15, 0.2) is 83.8 Å². The molecule has 4 rings (SSSR count). The molecule has 0 aliphatic heterocycles. The molecule has 0 saturated heterocycles. The second-order valence-electron chi connectivity index (χ2n) is 10.1. The van der Waals surface area contributed by atoms with Crippen LogP contribution in [0.2, 0.25) is 0 Å². The van der Waals surface area contributed by atoms with Crippen molar-refractivity contribution in [1.82, 2.24) is 10.2 Å². The lowest BCUT2D eigenvalue weighted by molar-refractivity contribution is -0.140. The van der Waals surface area contributed by atoms with Gasteiger partial charge in [-0.05, 0) is 73.4 Å².